The second-order valence-corrected chi connectivity index (χ2v) is 5.57. The zero-order chi connectivity index (χ0) is 16.2. The minimum atomic E-state index is -0.553. The molecule has 0 aliphatic heterocycles. The number of hydroxylamine groups is 2. The quantitative estimate of drug-likeness (QED) is 0.804. The van der Waals surface area contributed by atoms with Gasteiger partial charge in [-0.1, -0.05) is 0 Å². The van der Waals surface area contributed by atoms with Crippen LogP contribution in [0.15, 0.2) is 24.3 Å². The van der Waals surface area contributed by atoms with E-state index in [0.29, 0.717) is 11.3 Å². The average molecular weight is 294 g/mol. The van der Waals surface area contributed by atoms with Gasteiger partial charge in [-0.05, 0) is 45.0 Å². The van der Waals surface area contributed by atoms with Crippen LogP contribution in [-0.2, 0) is 9.57 Å². The average Bonchev–Trinajstić information content (AvgIpc) is 2.43. The van der Waals surface area contributed by atoms with Crippen LogP contribution in [0.25, 0.3) is 0 Å². The summed E-state index contributed by atoms with van der Waals surface area (Å²) in [4.78, 5) is 30.0. The summed E-state index contributed by atoms with van der Waals surface area (Å²) >= 11 is 0. The standard InChI is InChI=1S/C15H22N2O4/c1-15(2,3)21-14(19)16(4)12-9-7-11(8-10-12)13(18)17(5)20-6/h7-10H,1-6H3. The second-order valence-electron chi connectivity index (χ2n) is 5.57. The fourth-order valence-electron chi connectivity index (χ4n) is 1.53. The molecule has 0 heterocycles. The summed E-state index contributed by atoms with van der Waals surface area (Å²) in [5, 5.41) is 1.13. The summed E-state index contributed by atoms with van der Waals surface area (Å²) < 4.78 is 5.28. The first-order valence-electron chi connectivity index (χ1n) is 6.54. The molecule has 116 valence electrons. The van der Waals surface area contributed by atoms with Crippen LogP contribution in [-0.4, -0.2) is 43.9 Å². The smallest absolute Gasteiger partial charge is 0.414 e. The molecule has 0 bridgehead atoms. The molecule has 0 aliphatic rings. The van der Waals surface area contributed by atoms with Crippen molar-refractivity contribution in [2.24, 2.45) is 0 Å². The number of amides is 2. The SMILES string of the molecule is CON(C)C(=O)c1ccc(N(C)C(=O)OC(C)(C)C)cc1. The van der Waals surface area contributed by atoms with Gasteiger partial charge in [-0.3, -0.25) is 14.5 Å². The highest BCUT2D eigenvalue weighted by Crippen LogP contribution is 2.18. The van der Waals surface area contributed by atoms with Crippen LogP contribution in [0.3, 0.4) is 0 Å². The van der Waals surface area contributed by atoms with Crippen LogP contribution >= 0.6 is 0 Å². The summed E-state index contributed by atoms with van der Waals surface area (Å²) in [5.41, 5.74) is 0.559. The van der Waals surface area contributed by atoms with E-state index in [1.54, 1.807) is 52.1 Å². The van der Waals surface area contributed by atoms with Gasteiger partial charge in [-0.25, -0.2) is 9.86 Å². The lowest BCUT2D eigenvalue weighted by molar-refractivity contribution is -0.0756. The Morgan fingerprint density at radius 2 is 1.57 bits per heavy atom. The van der Waals surface area contributed by atoms with Gasteiger partial charge in [0, 0.05) is 25.3 Å². The largest absolute Gasteiger partial charge is 0.443 e. The van der Waals surface area contributed by atoms with E-state index in [-0.39, 0.29) is 5.91 Å². The maximum absolute atomic E-state index is 11.9. The second kappa shape index (κ2) is 6.58. The molecule has 6 heteroatoms. The lowest BCUT2D eigenvalue weighted by Crippen LogP contribution is -2.34. The van der Waals surface area contributed by atoms with Crippen LogP contribution in [0.5, 0.6) is 0 Å². The molecule has 0 saturated heterocycles. The third kappa shape index (κ3) is 4.75. The van der Waals surface area contributed by atoms with Crippen LogP contribution in [0, 0.1) is 0 Å². The summed E-state index contributed by atoms with van der Waals surface area (Å²) in [6.45, 7) is 5.42. The number of hydrogen-bond acceptors (Lipinski definition) is 4. The molecule has 0 saturated carbocycles. The first-order valence-corrected chi connectivity index (χ1v) is 6.54. The lowest BCUT2D eigenvalue weighted by Gasteiger charge is -2.24. The van der Waals surface area contributed by atoms with E-state index in [1.165, 1.54) is 19.1 Å². The molecule has 0 aromatic heterocycles. The number of ether oxygens (including phenoxy) is 1. The predicted octanol–water partition coefficient (Wildman–Crippen LogP) is 2.69. The molecule has 21 heavy (non-hydrogen) atoms. The van der Waals surface area contributed by atoms with Gasteiger partial charge in [0.2, 0.25) is 0 Å². The van der Waals surface area contributed by atoms with E-state index in [4.69, 9.17) is 9.57 Å². The van der Waals surface area contributed by atoms with Crippen LogP contribution < -0.4 is 4.90 Å². The zero-order valence-corrected chi connectivity index (χ0v) is 13.3. The van der Waals surface area contributed by atoms with Gasteiger partial charge in [0.25, 0.3) is 5.91 Å². The Kier molecular flexibility index (Phi) is 5.32. The number of rotatable bonds is 3. The minimum absolute atomic E-state index is 0.260. The Labute approximate surface area is 125 Å². The summed E-state index contributed by atoms with van der Waals surface area (Å²) in [5.74, 6) is -0.260. The molecular weight excluding hydrogens is 272 g/mol. The number of carbonyl (C=O) groups excluding carboxylic acids is 2. The van der Waals surface area contributed by atoms with Gasteiger partial charge in [0.05, 0.1) is 7.11 Å². The third-order valence-electron chi connectivity index (χ3n) is 2.73. The first kappa shape index (κ1) is 17.0. The van der Waals surface area contributed by atoms with Gasteiger partial charge < -0.3 is 4.74 Å². The lowest BCUT2D eigenvalue weighted by atomic mass is 10.2. The highest BCUT2D eigenvalue weighted by molar-refractivity contribution is 5.94. The Morgan fingerprint density at radius 3 is 2.00 bits per heavy atom. The van der Waals surface area contributed by atoms with E-state index in [9.17, 15) is 9.59 Å². The van der Waals surface area contributed by atoms with Crippen molar-refractivity contribution in [2.45, 2.75) is 26.4 Å². The number of hydrogen-bond donors (Lipinski definition) is 0. The van der Waals surface area contributed by atoms with Crippen LogP contribution in [0.2, 0.25) is 0 Å². The third-order valence-corrected chi connectivity index (χ3v) is 2.73. The summed E-state index contributed by atoms with van der Waals surface area (Å²) in [6, 6.07) is 6.63. The topological polar surface area (TPSA) is 59.1 Å². The number of anilines is 1. The molecule has 1 rings (SSSR count). The van der Waals surface area contributed by atoms with Gasteiger partial charge in [0.15, 0.2) is 0 Å². The maximum atomic E-state index is 11.9. The molecule has 1 aromatic rings. The van der Waals surface area contributed by atoms with Gasteiger partial charge in [0.1, 0.15) is 5.60 Å². The molecule has 0 radical (unpaired) electrons. The number of carbonyl (C=O) groups is 2. The van der Waals surface area contributed by atoms with Gasteiger partial charge in [-0.15, -0.1) is 0 Å². The highest BCUT2D eigenvalue weighted by Gasteiger charge is 2.21. The van der Waals surface area contributed by atoms with E-state index in [1.807, 2.05) is 0 Å². The van der Waals surface area contributed by atoms with Crippen molar-refractivity contribution in [1.82, 2.24) is 5.06 Å². The van der Waals surface area contributed by atoms with E-state index in [0.717, 1.165) is 5.06 Å². The molecule has 0 spiro atoms. The molecule has 0 aliphatic carbocycles. The summed E-state index contributed by atoms with van der Waals surface area (Å²) in [7, 11) is 4.57. The van der Waals surface area contributed by atoms with Crippen molar-refractivity contribution in [3.63, 3.8) is 0 Å². The monoisotopic (exact) mass is 294 g/mol. The van der Waals surface area contributed by atoms with Crippen molar-refractivity contribution in [3.05, 3.63) is 29.8 Å². The molecular formula is C15H22N2O4. The van der Waals surface area contributed by atoms with Crippen LogP contribution in [0.1, 0.15) is 31.1 Å². The van der Waals surface area contributed by atoms with E-state index in [2.05, 4.69) is 0 Å². The molecule has 0 N–H and O–H groups in total. The van der Waals surface area contributed by atoms with Crippen molar-refractivity contribution in [1.29, 1.82) is 0 Å². The Bertz CT molecular complexity index is 505. The van der Waals surface area contributed by atoms with E-state index >= 15 is 0 Å². The fraction of sp³-hybridized carbons (Fsp3) is 0.467. The maximum Gasteiger partial charge on any atom is 0.414 e. The van der Waals surface area contributed by atoms with Gasteiger partial charge in [-0.2, -0.15) is 0 Å². The predicted molar refractivity (Wildman–Crippen MR) is 80.2 cm³/mol. The molecule has 6 nitrogen and oxygen atoms in total. The minimum Gasteiger partial charge on any atom is -0.443 e. The molecule has 2 amide bonds. The molecule has 0 unspecified atom stereocenters. The van der Waals surface area contributed by atoms with Gasteiger partial charge >= 0.3 is 6.09 Å². The molecule has 0 fully saturated rings. The Morgan fingerprint density at radius 1 is 1.05 bits per heavy atom. The summed E-state index contributed by atoms with van der Waals surface area (Å²) in [6.07, 6.45) is -0.449. The zero-order valence-electron chi connectivity index (χ0n) is 13.3. The molecule has 0 atom stereocenters. The fourth-order valence-corrected chi connectivity index (χ4v) is 1.53. The highest BCUT2D eigenvalue weighted by atomic mass is 16.7. The Hall–Kier alpha value is -2.08. The van der Waals surface area contributed by atoms with Crippen molar-refractivity contribution in [3.8, 4) is 0 Å². The first-order chi connectivity index (χ1) is 9.65. The van der Waals surface area contributed by atoms with Crippen LogP contribution in [0.4, 0.5) is 10.5 Å². The van der Waals surface area contributed by atoms with Crippen molar-refractivity contribution < 1.29 is 19.2 Å². The van der Waals surface area contributed by atoms with E-state index < -0.39 is 11.7 Å². The van der Waals surface area contributed by atoms with Crippen molar-refractivity contribution in [2.75, 3.05) is 26.1 Å². The number of benzene rings is 1. The molecule has 1 aromatic carbocycles. The van der Waals surface area contributed by atoms with Crippen molar-refractivity contribution >= 4 is 17.7 Å². The normalized spacial score (nSPS) is 11.0. The number of nitrogens with zero attached hydrogens (tertiary/aromatic N) is 2. The Balaban J connectivity index is 2.82.